The number of amidine groups is 1. The van der Waals surface area contributed by atoms with E-state index >= 15 is 0 Å². The average Bonchev–Trinajstić information content (AvgIpc) is 2.47. The van der Waals surface area contributed by atoms with Gasteiger partial charge in [-0.15, -0.1) is 0 Å². The van der Waals surface area contributed by atoms with E-state index in [1.165, 1.54) is 7.11 Å². The highest BCUT2D eigenvalue weighted by Gasteiger charge is 2.13. The second-order valence-corrected chi connectivity index (χ2v) is 4.03. The first kappa shape index (κ1) is 13.6. The van der Waals surface area contributed by atoms with Crippen LogP contribution in [0.3, 0.4) is 0 Å². The fraction of sp³-hybridized carbons (Fsp3) is 0.0667. The van der Waals surface area contributed by atoms with Crippen LogP contribution in [0.4, 0.5) is 0 Å². The van der Waals surface area contributed by atoms with Crippen LogP contribution in [0.1, 0.15) is 15.9 Å². The number of hydrogen-bond acceptors (Lipinski definition) is 4. The number of esters is 1. The summed E-state index contributed by atoms with van der Waals surface area (Å²) in [6.45, 7) is 0. The summed E-state index contributed by atoms with van der Waals surface area (Å²) in [5.41, 5.74) is 6.28. The molecule has 0 saturated heterocycles. The Morgan fingerprint density at radius 2 is 1.75 bits per heavy atom. The molecule has 0 amide bonds. The number of para-hydroxylation sites is 1. The molecule has 5 nitrogen and oxygen atoms in total. The van der Waals surface area contributed by atoms with Gasteiger partial charge in [0.2, 0.25) is 0 Å². The summed E-state index contributed by atoms with van der Waals surface area (Å²) in [6, 6.07) is 13.2. The molecule has 2 aromatic carbocycles. The lowest BCUT2D eigenvalue weighted by Gasteiger charge is -2.08. The molecular weight excluding hydrogens is 256 g/mol. The van der Waals surface area contributed by atoms with Crippen molar-refractivity contribution in [1.82, 2.24) is 0 Å². The molecule has 0 unspecified atom stereocenters. The number of methoxy groups -OCH3 is 1. The first-order valence-electron chi connectivity index (χ1n) is 5.91. The van der Waals surface area contributed by atoms with E-state index in [2.05, 4.69) is 0 Å². The van der Waals surface area contributed by atoms with Gasteiger partial charge in [0.1, 0.15) is 22.9 Å². The summed E-state index contributed by atoms with van der Waals surface area (Å²) >= 11 is 0. The number of nitrogen functional groups attached to an aromatic ring is 1. The predicted molar refractivity (Wildman–Crippen MR) is 75.4 cm³/mol. The van der Waals surface area contributed by atoms with Crippen molar-refractivity contribution < 1.29 is 14.3 Å². The highest BCUT2D eigenvalue weighted by molar-refractivity contribution is 5.96. The topological polar surface area (TPSA) is 85.4 Å². The van der Waals surface area contributed by atoms with E-state index in [-0.39, 0.29) is 5.84 Å². The SMILES string of the molecule is COc1ccccc1C(=O)Oc1ccc(C(=N)N)cc1. The van der Waals surface area contributed by atoms with Gasteiger partial charge in [-0.25, -0.2) is 4.79 Å². The Balaban J connectivity index is 2.17. The van der Waals surface area contributed by atoms with Crippen molar-refractivity contribution in [2.75, 3.05) is 7.11 Å². The van der Waals surface area contributed by atoms with E-state index in [0.717, 1.165) is 0 Å². The number of benzene rings is 2. The van der Waals surface area contributed by atoms with Gasteiger partial charge in [-0.3, -0.25) is 5.41 Å². The number of ether oxygens (including phenoxy) is 2. The second kappa shape index (κ2) is 5.88. The van der Waals surface area contributed by atoms with Crippen LogP contribution in [-0.2, 0) is 0 Å². The monoisotopic (exact) mass is 270 g/mol. The molecule has 20 heavy (non-hydrogen) atoms. The van der Waals surface area contributed by atoms with E-state index in [0.29, 0.717) is 22.6 Å². The summed E-state index contributed by atoms with van der Waals surface area (Å²) in [5.74, 6) is 0.300. The van der Waals surface area contributed by atoms with E-state index < -0.39 is 5.97 Å². The van der Waals surface area contributed by atoms with Crippen LogP contribution in [0, 0.1) is 5.41 Å². The number of nitrogens with one attached hydrogen (secondary N) is 1. The molecule has 0 radical (unpaired) electrons. The van der Waals surface area contributed by atoms with Crippen LogP contribution in [-0.4, -0.2) is 18.9 Å². The highest BCUT2D eigenvalue weighted by atomic mass is 16.5. The summed E-state index contributed by atoms with van der Waals surface area (Å²) < 4.78 is 10.4. The van der Waals surface area contributed by atoms with E-state index in [4.69, 9.17) is 20.6 Å². The third kappa shape index (κ3) is 2.95. The van der Waals surface area contributed by atoms with E-state index in [1.54, 1.807) is 48.5 Å². The van der Waals surface area contributed by atoms with Crippen molar-refractivity contribution in [2.24, 2.45) is 5.73 Å². The summed E-state index contributed by atoms with van der Waals surface area (Å²) in [7, 11) is 1.49. The lowest BCUT2D eigenvalue weighted by molar-refractivity contribution is 0.0731. The third-order valence-electron chi connectivity index (χ3n) is 2.70. The summed E-state index contributed by atoms with van der Waals surface area (Å²) in [5, 5.41) is 7.29. The molecular formula is C15H14N2O3. The zero-order chi connectivity index (χ0) is 14.5. The summed E-state index contributed by atoms with van der Waals surface area (Å²) in [4.78, 5) is 12.0. The first-order valence-corrected chi connectivity index (χ1v) is 5.91. The van der Waals surface area contributed by atoms with Gasteiger partial charge in [0, 0.05) is 5.56 Å². The number of hydrogen-bond donors (Lipinski definition) is 2. The van der Waals surface area contributed by atoms with E-state index in [9.17, 15) is 4.79 Å². The highest BCUT2D eigenvalue weighted by Crippen LogP contribution is 2.20. The normalized spacial score (nSPS) is 9.85. The lowest BCUT2D eigenvalue weighted by Crippen LogP contribution is -2.12. The Kier molecular flexibility index (Phi) is 4.00. The molecule has 0 saturated carbocycles. The Bertz CT molecular complexity index is 636. The maximum absolute atomic E-state index is 12.0. The number of carbonyl (C=O) groups excluding carboxylic acids is 1. The molecule has 3 N–H and O–H groups in total. The maximum Gasteiger partial charge on any atom is 0.347 e. The Labute approximate surface area is 116 Å². The van der Waals surface area contributed by atoms with Gasteiger partial charge in [0.05, 0.1) is 7.11 Å². The molecule has 2 rings (SSSR count). The van der Waals surface area contributed by atoms with Crippen LogP contribution in [0.2, 0.25) is 0 Å². The molecule has 0 aliphatic heterocycles. The van der Waals surface area contributed by atoms with Crippen molar-refractivity contribution in [3.8, 4) is 11.5 Å². The van der Waals surface area contributed by atoms with Gasteiger partial charge < -0.3 is 15.2 Å². The molecule has 0 bridgehead atoms. The molecule has 0 fully saturated rings. The Morgan fingerprint density at radius 3 is 2.35 bits per heavy atom. The molecule has 0 atom stereocenters. The van der Waals surface area contributed by atoms with Crippen molar-refractivity contribution in [3.63, 3.8) is 0 Å². The average molecular weight is 270 g/mol. The van der Waals surface area contributed by atoms with Crippen molar-refractivity contribution in [3.05, 3.63) is 59.7 Å². The number of carbonyl (C=O) groups is 1. The minimum absolute atomic E-state index is 0.0346. The van der Waals surface area contributed by atoms with E-state index in [1.807, 2.05) is 0 Å². The Morgan fingerprint density at radius 1 is 1.10 bits per heavy atom. The van der Waals surface area contributed by atoms with Gasteiger partial charge in [-0.2, -0.15) is 0 Å². The molecule has 102 valence electrons. The smallest absolute Gasteiger partial charge is 0.347 e. The molecule has 0 heterocycles. The molecule has 0 aliphatic carbocycles. The number of nitrogens with two attached hydrogens (primary N) is 1. The van der Waals surface area contributed by atoms with Crippen LogP contribution >= 0.6 is 0 Å². The third-order valence-corrected chi connectivity index (χ3v) is 2.70. The molecule has 0 spiro atoms. The van der Waals surface area contributed by atoms with Crippen molar-refractivity contribution >= 4 is 11.8 Å². The zero-order valence-corrected chi connectivity index (χ0v) is 10.9. The maximum atomic E-state index is 12.0. The standard InChI is InChI=1S/C15H14N2O3/c1-19-13-5-3-2-4-12(13)15(18)20-11-8-6-10(7-9-11)14(16)17/h2-9H,1H3,(H3,16,17). The molecule has 2 aromatic rings. The fourth-order valence-corrected chi connectivity index (χ4v) is 1.68. The van der Waals surface area contributed by atoms with Crippen LogP contribution in [0.5, 0.6) is 11.5 Å². The zero-order valence-electron chi connectivity index (χ0n) is 10.9. The van der Waals surface area contributed by atoms with Gasteiger partial charge in [0.15, 0.2) is 0 Å². The van der Waals surface area contributed by atoms with Crippen molar-refractivity contribution in [1.29, 1.82) is 5.41 Å². The van der Waals surface area contributed by atoms with Crippen molar-refractivity contribution in [2.45, 2.75) is 0 Å². The van der Waals surface area contributed by atoms with Crippen LogP contribution in [0.25, 0.3) is 0 Å². The van der Waals surface area contributed by atoms with Gasteiger partial charge in [0.25, 0.3) is 0 Å². The Hall–Kier alpha value is -2.82. The predicted octanol–water partition coefficient (Wildman–Crippen LogP) is 2.20. The molecule has 0 aliphatic rings. The van der Waals surface area contributed by atoms with Gasteiger partial charge >= 0.3 is 5.97 Å². The van der Waals surface area contributed by atoms with Gasteiger partial charge in [-0.05, 0) is 36.4 Å². The number of rotatable bonds is 4. The minimum atomic E-state index is -0.502. The largest absolute Gasteiger partial charge is 0.496 e. The molecule has 5 heteroatoms. The van der Waals surface area contributed by atoms with Crippen LogP contribution in [0.15, 0.2) is 48.5 Å². The lowest BCUT2D eigenvalue weighted by atomic mass is 10.2. The molecule has 0 aromatic heterocycles. The fourth-order valence-electron chi connectivity index (χ4n) is 1.68. The minimum Gasteiger partial charge on any atom is -0.496 e. The summed E-state index contributed by atoms with van der Waals surface area (Å²) in [6.07, 6.45) is 0. The quantitative estimate of drug-likeness (QED) is 0.386. The second-order valence-electron chi connectivity index (χ2n) is 4.03. The van der Waals surface area contributed by atoms with Crippen LogP contribution < -0.4 is 15.2 Å². The van der Waals surface area contributed by atoms with Gasteiger partial charge in [-0.1, -0.05) is 12.1 Å². The first-order chi connectivity index (χ1) is 9.61.